The van der Waals surface area contributed by atoms with E-state index in [0.29, 0.717) is 23.9 Å². The number of hydrogen-bond donors (Lipinski definition) is 1. The van der Waals surface area contributed by atoms with Gasteiger partial charge in [0.05, 0.1) is 13.0 Å². The number of rotatable bonds is 2. The van der Waals surface area contributed by atoms with Gasteiger partial charge in [-0.25, -0.2) is 0 Å². The van der Waals surface area contributed by atoms with Crippen LogP contribution in [0.2, 0.25) is 0 Å². The summed E-state index contributed by atoms with van der Waals surface area (Å²) in [6.45, 7) is 5.99. The molecule has 4 aliphatic rings. The molecule has 3 heterocycles. The van der Waals surface area contributed by atoms with E-state index in [1.165, 1.54) is 58.2 Å². The lowest BCUT2D eigenvalue weighted by Crippen LogP contribution is -2.52. The third-order valence-electron chi connectivity index (χ3n) is 7.51. The standard InChI is InChI=1S/C20H34N2O2/c1-3-13-8-14-9-16(20(23)24-2)19-17(12-22(10-13)11-14)15-6-4-5-7-18(15)21-19/h13-19,21H,3-12H2,1-2H3/t13?,14-,15?,16+,17?,18?,19?/m1/s1. The summed E-state index contributed by atoms with van der Waals surface area (Å²) >= 11 is 0. The van der Waals surface area contributed by atoms with Crippen molar-refractivity contribution >= 4 is 5.97 Å². The molecule has 4 fully saturated rings. The van der Waals surface area contributed by atoms with E-state index < -0.39 is 0 Å². The predicted octanol–water partition coefficient (Wildman–Crippen LogP) is 2.67. The normalized spacial score (nSPS) is 47.9. The van der Waals surface area contributed by atoms with Crippen LogP contribution in [0, 0.1) is 29.6 Å². The van der Waals surface area contributed by atoms with E-state index in [0.717, 1.165) is 18.3 Å². The minimum atomic E-state index is 0.0308. The average molecular weight is 335 g/mol. The second-order valence-electron chi connectivity index (χ2n) is 8.87. The van der Waals surface area contributed by atoms with Crippen LogP contribution < -0.4 is 5.32 Å². The highest BCUT2D eigenvalue weighted by Gasteiger charge is 2.51. The van der Waals surface area contributed by atoms with Crippen LogP contribution >= 0.6 is 0 Å². The van der Waals surface area contributed by atoms with Crippen LogP contribution in [-0.4, -0.2) is 49.7 Å². The van der Waals surface area contributed by atoms with E-state index in [2.05, 4.69) is 17.1 Å². The summed E-state index contributed by atoms with van der Waals surface area (Å²) in [7, 11) is 1.57. The smallest absolute Gasteiger partial charge is 0.310 e. The Kier molecular flexibility index (Phi) is 4.88. The number of nitrogens with zero attached hydrogens (tertiary/aromatic N) is 1. The fourth-order valence-corrected chi connectivity index (χ4v) is 6.42. The van der Waals surface area contributed by atoms with Gasteiger partial charge in [-0.3, -0.25) is 4.79 Å². The van der Waals surface area contributed by atoms with Gasteiger partial charge in [0.1, 0.15) is 0 Å². The minimum absolute atomic E-state index is 0.0308. The van der Waals surface area contributed by atoms with Crippen LogP contribution in [0.5, 0.6) is 0 Å². The fraction of sp³-hybridized carbons (Fsp3) is 0.950. The van der Waals surface area contributed by atoms with Gasteiger partial charge in [-0.1, -0.05) is 26.2 Å². The Labute approximate surface area is 146 Å². The maximum absolute atomic E-state index is 12.6. The van der Waals surface area contributed by atoms with Gasteiger partial charge in [0.2, 0.25) is 0 Å². The maximum atomic E-state index is 12.6. The van der Waals surface area contributed by atoms with Crippen molar-refractivity contribution in [2.75, 3.05) is 26.7 Å². The zero-order valence-corrected chi connectivity index (χ0v) is 15.4. The first-order valence-electron chi connectivity index (χ1n) is 10.3. The zero-order valence-electron chi connectivity index (χ0n) is 15.4. The lowest BCUT2D eigenvalue weighted by molar-refractivity contribution is -0.148. The van der Waals surface area contributed by atoms with Crippen molar-refractivity contribution in [3.05, 3.63) is 0 Å². The molecule has 136 valence electrons. The molecule has 1 aliphatic carbocycles. The number of carbonyl (C=O) groups is 1. The Balaban J connectivity index is 1.61. The van der Waals surface area contributed by atoms with Crippen molar-refractivity contribution in [2.24, 2.45) is 29.6 Å². The van der Waals surface area contributed by atoms with Crippen LogP contribution in [0.15, 0.2) is 0 Å². The van der Waals surface area contributed by atoms with Crippen molar-refractivity contribution in [1.82, 2.24) is 10.2 Å². The molecule has 0 radical (unpaired) electrons. The molecule has 3 aliphatic heterocycles. The molecular formula is C20H34N2O2. The fourth-order valence-electron chi connectivity index (χ4n) is 6.42. The SMILES string of the molecule is CCC1C[C@@H]2C[C@H](C(=O)OC)C3NC4CCCCC4C3CN(C1)C2. The largest absolute Gasteiger partial charge is 0.469 e. The summed E-state index contributed by atoms with van der Waals surface area (Å²) < 4.78 is 5.25. The van der Waals surface area contributed by atoms with Crippen molar-refractivity contribution in [2.45, 2.75) is 64.0 Å². The maximum Gasteiger partial charge on any atom is 0.310 e. The van der Waals surface area contributed by atoms with E-state index in [-0.39, 0.29) is 11.9 Å². The molecule has 3 saturated heterocycles. The van der Waals surface area contributed by atoms with Gasteiger partial charge in [-0.05, 0) is 49.4 Å². The van der Waals surface area contributed by atoms with Crippen LogP contribution in [0.3, 0.4) is 0 Å². The molecule has 0 aromatic carbocycles. The molecule has 1 N–H and O–H groups in total. The molecule has 0 aromatic rings. The third-order valence-corrected chi connectivity index (χ3v) is 7.51. The van der Waals surface area contributed by atoms with E-state index >= 15 is 0 Å². The lowest BCUT2D eigenvalue weighted by Gasteiger charge is -2.45. The summed E-state index contributed by atoms with van der Waals surface area (Å²) in [5.74, 6) is 2.98. The van der Waals surface area contributed by atoms with Gasteiger partial charge in [-0.2, -0.15) is 0 Å². The molecule has 4 heteroatoms. The van der Waals surface area contributed by atoms with Crippen molar-refractivity contribution in [3.8, 4) is 0 Å². The molecular weight excluding hydrogens is 300 g/mol. The number of ether oxygens (including phenoxy) is 1. The molecule has 4 nitrogen and oxygen atoms in total. The molecule has 0 aromatic heterocycles. The van der Waals surface area contributed by atoms with Gasteiger partial charge in [-0.15, -0.1) is 0 Å². The first-order chi connectivity index (χ1) is 11.7. The minimum Gasteiger partial charge on any atom is -0.469 e. The number of methoxy groups -OCH3 is 1. The van der Waals surface area contributed by atoms with Crippen LogP contribution in [0.4, 0.5) is 0 Å². The first-order valence-corrected chi connectivity index (χ1v) is 10.3. The van der Waals surface area contributed by atoms with Gasteiger partial charge in [0, 0.05) is 31.7 Å². The molecule has 4 rings (SSSR count). The molecule has 8 atom stereocenters. The lowest BCUT2D eigenvalue weighted by atomic mass is 9.71. The van der Waals surface area contributed by atoms with Crippen molar-refractivity contribution < 1.29 is 9.53 Å². The Bertz CT molecular complexity index is 469. The van der Waals surface area contributed by atoms with Crippen molar-refractivity contribution in [1.29, 1.82) is 0 Å². The molecule has 0 spiro atoms. The van der Waals surface area contributed by atoms with E-state index in [1.54, 1.807) is 7.11 Å². The first kappa shape index (κ1) is 16.8. The third kappa shape index (κ3) is 3.01. The summed E-state index contributed by atoms with van der Waals surface area (Å²) in [4.78, 5) is 15.4. The van der Waals surface area contributed by atoms with Gasteiger partial charge in [0.15, 0.2) is 0 Å². The van der Waals surface area contributed by atoms with Gasteiger partial charge in [0.25, 0.3) is 0 Å². The van der Waals surface area contributed by atoms with Gasteiger partial charge >= 0.3 is 5.97 Å². The highest BCUT2D eigenvalue weighted by atomic mass is 16.5. The Hall–Kier alpha value is -0.610. The van der Waals surface area contributed by atoms with E-state index in [1.807, 2.05) is 0 Å². The Morgan fingerprint density at radius 2 is 1.96 bits per heavy atom. The second-order valence-corrected chi connectivity index (χ2v) is 8.87. The number of nitrogens with one attached hydrogen (secondary N) is 1. The summed E-state index contributed by atoms with van der Waals surface area (Å²) in [6.07, 6.45) is 8.95. The average Bonchev–Trinajstić information content (AvgIpc) is 2.96. The number of piperidine rings is 1. The highest BCUT2D eigenvalue weighted by Crippen LogP contribution is 2.44. The monoisotopic (exact) mass is 334 g/mol. The summed E-state index contributed by atoms with van der Waals surface area (Å²) in [6, 6.07) is 0.982. The molecule has 0 amide bonds. The van der Waals surface area contributed by atoms with Crippen LogP contribution in [0.1, 0.15) is 51.9 Å². The Morgan fingerprint density at radius 1 is 1.12 bits per heavy atom. The van der Waals surface area contributed by atoms with Crippen molar-refractivity contribution in [3.63, 3.8) is 0 Å². The summed E-state index contributed by atoms with van der Waals surface area (Å²) in [5.41, 5.74) is 0. The molecule has 1 saturated carbocycles. The quantitative estimate of drug-likeness (QED) is 0.789. The van der Waals surface area contributed by atoms with E-state index in [9.17, 15) is 4.79 Å². The predicted molar refractivity (Wildman–Crippen MR) is 94.6 cm³/mol. The van der Waals surface area contributed by atoms with Crippen LogP contribution in [-0.2, 0) is 9.53 Å². The number of esters is 1. The topological polar surface area (TPSA) is 41.6 Å². The number of hydrogen-bond acceptors (Lipinski definition) is 4. The Morgan fingerprint density at radius 3 is 2.75 bits per heavy atom. The second kappa shape index (κ2) is 6.95. The summed E-state index contributed by atoms with van der Waals surface area (Å²) in [5, 5.41) is 3.91. The van der Waals surface area contributed by atoms with Gasteiger partial charge < -0.3 is 15.0 Å². The molecule has 24 heavy (non-hydrogen) atoms. The zero-order chi connectivity index (χ0) is 16.7. The highest BCUT2D eigenvalue weighted by molar-refractivity contribution is 5.73. The molecule has 6 unspecified atom stereocenters. The van der Waals surface area contributed by atoms with Crippen LogP contribution in [0.25, 0.3) is 0 Å². The number of carbonyl (C=O) groups excluding carboxylic acids is 1. The van der Waals surface area contributed by atoms with E-state index in [4.69, 9.17) is 4.74 Å². The number of fused-ring (bicyclic) bond motifs is 5. The molecule has 2 bridgehead atoms.